The van der Waals surface area contributed by atoms with Crippen LogP contribution in [0.1, 0.15) is 75.5 Å². The molecule has 0 saturated heterocycles. The van der Waals surface area contributed by atoms with Crippen LogP contribution in [-0.4, -0.2) is 19.8 Å². The molecule has 1 saturated carbocycles. The Kier molecular flexibility index (Phi) is 6.72. The summed E-state index contributed by atoms with van der Waals surface area (Å²) in [6.07, 6.45) is 7.91. The van der Waals surface area contributed by atoms with E-state index in [0.717, 1.165) is 25.3 Å². The number of hydrogen-bond acceptors (Lipinski definition) is 2. The summed E-state index contributed by atoms with van der Waals surface area (Å²) in [7, 11) is 1.80. The number of nitrogens with one attached hydrogen (secondary N) is 1. The molecule has 0 bridgehead atoms. The molecule has 2 heteroatoms. The average molecular weight is 289 g/mol. The molecule has 1 aromatic carbocycles. The van der Waals surface area contributed by atoms with Crippen molar-refractivity contribution in [2.75, 3.05) is 13.7 Å². The topological polar surface area (TPSA) is 21.3 Å². The second kappa shape index (κ2) is 8.55. The highest BCUT2D eigenvalue weighted by Gasteiger charge is 2.20. The lowest BCUT2D eigenvalue weighted by atomic mass is 9.79. The molecule has 118 valence electrons. The first-order valence-corrected chi connectivity index (χ1v) is 8.60. The summed E-state index contributed by atoms with van der Waals surface area (Å²) in [6, 6.07) is 9.73. The van der Waals surface area contributed by atoms with Crippen LogP contribution in [0.25, 0.3) is 0 Å². The Labute approximate surface area is 130 Å². The van der Waals surface area contributed by atoms with E-state index in [2.05, 4.69) is 43.4 Å². The van der Waals surface area contributed by atoms with Crippen LogP contribution in [0.15, 0.2) is 24.3 Å². The largest absolute Gasteiger partial charge is 0.382 e. The van der Waals surface area contributed by atoms with Crippen molar-refractivity contribution in [1.82, 2.24) is 5.32 Å². The van der Waals surface area contributed by atoms with Gasteiger partial charge in [-0.1, -0.05) is 37.6 Å². The van der Waals surface area contributed by atoms with Crippen molar-refractivity contribution in [3.05, 3.63) is 35.4 Å². The predicted molar refractivity (Wildman–Crippen MR) is 89.8 cm³/mol. The normalized spacial score (nSPS) is 18.2. The maximum atomic E-state index is 5.40. The molecule has 1 N–H and O–H groups in total. The molecule has 0 radical (unpaired) electrons. The Balaban J connectivity index is 2.03. The number of ether oxygens (including phenoxy) is 1. The number of hydrogen-bond donors (Lipinski definition) is 1. The standard InChI is InChI=1S/C19H31NO/c1-4-13-20-19(12-11-15(2)21-3)18-10-6-9-17(14-18)16-7-5-8-16/h6,9-10,14-16,19-20H,4-5,7-8,11-13H2,1-3H3. The first kappa shape index (κ1) is 16.5. The fourth-order valence-electron chi connectivity index (χ4n) is 3.00. The van der Waals surface area contributed by atoms with Crippen molar-refractivity contribution in [1.29, 1.82) is 0 Å². The third-order valence-electron chi connectivity index (χ3n) is 4.79. The van der Waals surface area contributed by atoms with Crippen LogP contribution in [0, 0.1) is 0 Å². The molecule has 2 rings (SSSR count). The van der Waals surface area contributed by atoms with Crippen molar-refractivity contribution in [3.63, 3.8) is 0 Å². The summed E-state index contributed by atoms with van der Waals surface area (Å²) >= 11 is 0. The van der Waals surface area contributed by atoms with Gasteiger partial charge in [-0.15, -0.1) is 0 Å². The Morgan fingerprint density at radius 3 is 2.71 bits per heavy atom. The van der Waals surface area contributed by atoms with Gasteiger partial charge in [0.1, 0.15) is 0 Å². The number of benzene rings is 1. The Bertz CT molecular complexity index is 414. The first-order chi connectivity index (χ1) is 10.2. The van der Waals surface area contributed by atoms with Crippen LogP contribution in [-0.2, 0) is 4.74 Å². The fraction of sp³-hybridized carbons (Fsp3) is 0.684. The maximum Gasteiger partial charge on any atom is 0.0543 e. The van der Waals surface area contributed by atoms with Gasteiger partial charge in [-0.2, -0.15) is 0 Å². The van der Waals surface area contributed by atoms with Gasteiger partial charge in [0.05, 0.1) is 6.10 Å². The van der Waals surface area contributed by atoms with E-state index in [0.29, 0.717) is 12.1 Å². The second-order valence-corrected chi connectivity index (χ2v) is 6.43. The van der Waals surface area contributed by atoms with Gasteiger partial charge in [-0.05, 0) is 62.6 Å². The average Bonchev–Trinajstić information content (AvgIpc) is 2.45. The van der Waals surface area contributed by atoms with Gasteiger partial charge in [-0.25, -0.2) is 0 Å². The lowest BCUT2D eigenvalue weighted by Gasteiger charge is -2.27. The Hall–Kier alpha value is -0.860. The van der Waals surface area contributed by atoms with E-state index in [4.69, 9.17) is 4.74 Å². The molecule has 1 fully saturated rings. The zero-order chi connectivity index (χ0) is 15.1. The minimum Gasteiger partial charge on any atom is -0.382 e. The van der Waals surface area contributed by atoms with Crippen molar-refractivity contribution in [2.45, 2.75) is 70.4 Å². The smallest absolute Gasteiger partial charge is 0.0543 e. The quantitative estimate of drug-likeness (QED) is 0.704. The molecule has 0 heterocycles. The van der Waals surface area contributed by atoms with Crippen LogP contribution in [0.4, 0.5) is 0 Å². The molecule has 0 amide bonds. The SMILES string of the molecule is CCCNC(CCC(C)OC)c1cccc(C2CCC2)c1. The monoisotopic (exact) mass is 289 g/mol. The minimum absolute atomic E-state index is 0.339. The van der Waals surface area contributed by atoms with Crippen molar-refractivity contribution in [3.8, 4) is 0 Å². The lowest BCUT2D eigenvalue weighted by Crippen LogP contribution is -2.24. The fourth-order valence-corrected chi connectivity index (χ4v) is 3.00. The van der Waals surface area contributed by atoms with E-state index in [1.807, 2.05) is 0 Å². The van der Waals surface area contributed by atoms with E-state index in [9.17, 15) is 0 Å². The summed E-state index contributed by atoms with van der Waals surface area (Å²) in [5.41, 5.74) is 3.00. The van der Waals surface area contributed by atoms with Gasteiger partial charge in [0.25, 0.3) is 0 Å². The van der Waals surface area contributed by atoms with E-state index in [1.165, 1.54) is 31.2 Å². The highest BCUT2D eigenvalue weighted by atomic mass is 16.5. The van der Waals surface area contributed by atoms with E-state index in [-0.39, 0.29) is 0 Å². The van der Waals surface area contributed by atoms with E-state index < -0.39 is 0 Å². The van der Waals surface area contributed by atoms with Gasteiger partial charge in [0, 0.05) is 13.2 Å². The maximum absolute atomic E-state index is 5.40. The summed E-state index contributed by atoms with van der Waals surface area (Å²) in [5, 5.41) is 3.71. The molecule has 2 atom stereocenters. The molecule has 21 heavy (non-hydrogen) atoms. The van der Waals surface area contributed by atoms with Crippen LogP contribution < -0.4 is 5.32 Å². The molecule has 1 aliphatic carbocycles. The zero-order valence-electron chi connectivity index (χ0n) is 13.9. The van der Waals surface area contributed by atoms with Gasteiger partial charge < -0.3 is 10.1 Å². The van der Waals surface area contributed by atoms with Crippen molar-refractivity contribution < 1.29 is 4.74 Å². The third-order valence-corrected chi connectivity index (χ3v) is 4.79. The minimum atomic E-state index is 0.339. The van der Waals surface area contributed by atoms with Gasteiger partial charge in [0.15, 0.2) is 0 Å². The van der Waals surface area contributed by atoms with E-state index >= 15 is 0 Å². The molecular formula is C19H31NO. The molecule has 0 spiro atoms. The van der Waals surface area contributed by atoms with Crippen LogP contribution >= 0.6 is 0 Å². The number of rotatable bonds is 9. The second-order valence-electron chi connectivity index (χ2n) is 6.43. The van der Waals surface area contributed by atoms with Crippen LogP contribution in [0.2, 0.25) is 0 Å². The van der Waals surface area contributed by atoms with Gasteiger partial charge in [-0.3, -0.25) is 0 Å². The molecule has 0 aliphatic heterocycles. The highest BCUT2D eigenvalue weighted by Crippen LogP contribution is 2.37. The summed E-state index contributed by atoms with van der Waals surface area (Å²) in [5.74, 6) is 0.815. The Morgan fingerprint density at radius 2 is 2.10 bits per heavy atom. The van der Waals surface area contributed by atoms with Gasteiger partial charge in [0.2, 0.25) is 0 Å². The van der Waals surface area contributed by atoms with Crippen molar-refractivity contribution in [2.24, 2.45) is 0 Å². The zero-order valence-corrected chi connectivity index (χ0v) is 13.9. The Morgan fingerprint density at radius 1 is 1.29 bits per heavy atom. The highest BCUT2D eigenvalue weighted by molar-refractivity contribution is 5.29. The molecular weight excluding hydrogens is 258 g/mol. The predicted octanol–water partition coefficient (Wildman–Crippen LogP) is 4.81. The van der Waals surface area contributed by atoms with Gasteiger partial charge >= 0.3 is 0 Å². The molecule has 1 aromatic rings. The lowest BCUT2D eigenvalue weighted by molar-refractivity contribution is 0.106. The van der Waals surface area contributed by atoms with Crippen LogP contribution in [0.5, 0.6) is 0 Å². The van der Waals surface area contributed by atoms with Crippen molar-refractivity contribution >= 4 is 0 Å². The summed E-state index contributed by atoms with van der Waals surface area (Å²) in [4.78, 5) is 0. The number of methoxy groups -OCH3 is 1. The third kappa shape index (κ3) is 4.82. The van der Waals surface area contributed by atoms with Crippen LogP contribution in [0.3, 0.4) is 0 Å². The molecule has 2 nitrogen and oxygen atoms in total. The molecule has 1 aliphatic rings. The summed E-state index contributed by atoms with van der Waals surface area (Å²) < 4.78 is 5.40. The summed E-state index contributed by atoms with van der Waals surface area (Å²) in [6.45, 7) is 5.47. The molecule has 2 unspecified atom stereocenters. The van der Waals surface area contributed by atoms with E-state index in [1.54, 1.807) is 12.7 Å². The molecule has 0 aromatic heterocycles. The first-order valence-electron chi connectivity index (χ1n) is 8.60.